The molecule has 2 fully saturated rings. The molecule has 3 unspecified atom stereocenters. The Balaban J connectivity index is 2.20. The van der Waals surface area contributed by atoms with Crippen molar-refractivity contribution in [1.29, 1.82) is 0 Å². The highest BCUT2D eigenvalue weighted by atomic mass is 16.1. The monoisotopic (exact) mass is 268 g/mol. The van der Waals surface area contributed by atoms with Crippen molar-refractivity contribution in [2.75, 3.05) is 0 Å². The Labute approximate surface area is 122 Å². The van der Waals surface area contributed by atoms with Gasteiger partial charge in [-0.15, -0.1) is 0 Å². The van der Waals surface area contributed by atoms with Crippen LogP contribution >= 0.6 is 0 Å². The van der Waals surface area contributed by atoms with Crippen molar-refractivity contribution in [2.45, 2.75) is 41.0 Å². The second kappa shape index (κ2) is 3.84. The summed E-state index contributed by atoms with van der Waals surface area (Å²) >= 11 is 0. The Morgan fingerprint density at radius 2 is 1.70 bits per heavy atom. The summed E-state index contributed by atoms with van der Waals surface area (Å²) in [5, 5.41) is 0. The molecule has 1 heteroatoms. The smallest absolute Gasteiger partial charge is 0.165 e. The molecule has 2 aliphatic rings. The lowest BCUT2D eigenvalue weighted by Crippen LogP contribution is -2.35. The van der Waals surface area contributed by atoms with Crippen molar-refractivity contribution in [3.8, 4) is 0 Å². The van der Waals surface area contributed by atoms with Crippen LogP contribution in [0.4, 0.5) is 0 Å². The average molecular weight is 268 g/mol. The molecule has 0 heterocycles. The molecule has 1 aromatic rings. The number of fused-ring (bicyclic) bond motifs is 2. The molecule has 3 atom stereocenters. The van der Waals surface area contributed by atoms with Crippen LogP contribution in [0.25, 0.3) is 6.08 Å². The van der Waals surface area contributed by atoms with Gasteiger partial charge < -0.3 is 0 Å². The van der Waals surface area contributed by atoms with Gasteiger partial charge in [-0.25, -0.2) is 0 Å². The lowest BCUT2D eigenvalue weighted by Gasteiger charge is -2.39. The SMILES string of the molecule is CC1CC2(C)C(=O)C(=Cc3ccccc3)C1(C)C2(C)C. The maximum Gasteiger partial charge on any atom is 0.165 e. The zero-order valence-corrected chi connectivity index (χ0v) is 13.2. The molecule has 2 bridgehead atoms. The fraction of sp³-hybridized carbons (Fsp3) is 0.526. The molecular formula is C19H24O. The van der Waals surface area contributed by atoms with Gasteiger partial charge in [-0.2, -0.15) is 0 Å². The minimum atomic E-state index is -0.207. The topological polar surface area (TPSA) is 17.1 Å². The highest BCUT2D eigenvalue weighted by Gasteiger charge is 2.72. The molecule has 106 valence electrons. The second-order valence-electron chi connectivity index (χ2n) is 7.56. The van der Waals surface area contributed by atoms with Crippen molar-refractivity contribution >= 4 is 11.9 Å². The molecule has 1 aromatic carbocycles. The summed E-state index contributed by atoms with van der Waals surface area (Å²) in [5.41, 5.74) is 1.97. The predicted molar refractivity (Wildman–Crippen MR) is 83.2 cm³/mol. The molecular weight excluding hydrogens is 244 g/mol. The van der Waals surface area contributed by atoms with E-state index in [1.165, 1.54) is 0 Å². The van der Waals surface area contributed by atoms with E-state index in [0.29, 0.717) is 11.7 Å². The zero-order chi connectivity index (χ0) is 14.8. The Morgan fingerprint density at radius 1 is 1.10 bits per heavy atom. The van der Waals surface area contributed by atoms with Crippen LogP contribution in [-0.4, -0.2) is 5.78 Å². The summed E-state index contributed by atoms with van der Waals surface area (Å²) in [5.74, 6) is 0.919. The summed E-state index contributed by atoms with van der Waals surface area (Å²) in [6.45, 7) is 11.3. The van der Waals surface area contributed by atoms with Crippen molar-refractivity contribution in [1.82, 2.24) is 0 Å². The van der Waals surface area contributed by atoms with Gasteiger partial charge in [-0.1, -0.05) is 65.0 Å². The van der Waals surface area contributed by atoms with Gasteiger partial charge in [-0.05, 0) is 29.4 Å². The molecule has 3 rings (SSSR count). The lowest BCUT2D eigenvalue weighted by molar-refractivity contribution is -0.125. The molecule has 0 saturated heterocycles. The van der Waals surface area contributed by atoms with Gasteiger partial charge in [0.25, 0.3) is 0 Å². The molecule has 0 radical (unpaired) electrons. The van der Waals surface area contributed by atoms with Crippen LogP contribution in [0.5, 0.6) is 0 Å². The molecule has 0 spiro atoms. The molecule has 2 aliphatic carbocycles. The number of allylic oxidation sites excluding steroid dienone is 1. The highest BCUT2D eigenvalue weighted by Crippen LogP contribution is 2.74. The van der Waals surface area contributed by atoms with Crippen LogP contribution in [0.15, 0.2) is 35.9 Å². The van der Waals surface area contributed by atoms with E-state index in [1.54, 1.807) is 0 Å². The standard InChI is InChI=1S/C19H24O/c1-13-12-18(4)16(20)15(19(13,5)17(18,2)3)11-14-9-7-6-8-10-14/h6-11,13H,12H2,1-5H3. The Kier molecular flexibility index (Phi) is 2.61. The van der Waals surface area contributed by atoms with Crippen LogP contribution in [0.2, 0.25) is 0 Å². The Morgan fingerprint density at radius 3 is 2.25 bits per heavy atom. The first-order valence-electron chi connectivity index (χ1n) is 7.57. The van der Waals surface area contributed by atoms with Gasteiger partial charge in [-0.3, -0.25) is 4.79 Å². The number of rotatable bonds is 1. The van der Waals surface area contributed by atoms with Gasteiger partial charge in [0, 0.05) is 16.4 Å². The van der Waals surface area contributed by atoms with Gasteiger partial charge in [0.05, 0.1) is 0 Å². The number of hydrogen-bond donors (Lipinski definition) is 0. The fourth-order valence-electron chi connectivity index (χ4n) is 4.70. The Bertz CT molecular complexity index is 595. The van der Waals surface area contributed by atoms with E-state index in [2.05, 4.69) is 52.8 Å². The average Bonchev–Trinajstić information content (AvgIpc) is 2.61. The summed E-state index contributed by atoms with van der Waals surface area (Å²) < 4.78 is 0. The molecule has 20 heavy (non-hydrogen) atoms. The minimum absolute atomic E-state index is 0.0192. The Hall–Kier alpha value is -1.37. The van der Waals surface area contributed by atoms with E-state index in [1.807, 2.05) is 18.2 Å². The normalized spacial score (nSPS) is 40.5. The van der Waals surface area contributed by atoms with Crippen LogP contribution < -0.4 is 0 Å². The molecule has 2 saturated carbocycles. The number of Topliss-reactive ketones (excluding diaryl/α,β-unsaturated/α-hetero) is 1. The number of hydrogen-bond acceptors (Lipinski definition) is 1. The highest BCUT2D eigenvalue weighted by molar-refractivity contribution is 6.09. The van der Waals surface area contributed by atoms with Gasteiger partial charge in [0.15, 0.2) is 5.78 Å². The van der Waals surface area contributed by atoms with Crippen LogP contribution in [0.1, 0.15) is 46.6 Å². The van der Waals surface area contributed by atoms with Crippen molar-refractivity contribution in [3.05, 3.63) is 41.5 Å². The molecule has 0 N–H and O–H groups in total. The van der Waals surface area contributed by atoms with Crippen molar-refractivity contribution in [3.63, 3.8) is 0 Å². The summed E-state index contributed by atoms with van der Waals surface area (Å²) in [6, 6.07) is 10.2. The van der Waals surface area contributed by atoms with Gasteiger partial charge in [0.1, 0.15) is 0 Å². The summed E-state index contributed by atoms with van der Waals surface area (Å²) in [6.07, 6.45) is 3.15. The van der Waals surface area contributed by atoms with Crippen molar-refractivity contribution < 1.29 is 4.79 Å². The summed E-state index contributed by atoms with van der Waals surface area (Å²) in [7, 11) is 0. The molecule has 1 nitrogen and oxygen atoms in total. The number of benzene rings is 1. The number of ketones is 1. The van der Waals surface area contributed by atoms with E-state index in [4.69, 9.17) is 0 Å². The first-order chi connectivity index (χ1) is 9.25. The van der Waals surface area contributed by atoms with Crippen LogP contribution in [0, 0.1) is 22.2 Å². The van der Waals surface area contributed by atoms with E-state index in [9.17, 15) is 4.79 Å². The largest absolute Gasteiger partial charge is 0.294 e. The molecule has 0 aliphatic heterocycles. The molecule has 0 aromatic heterocycles. The third kappa shape index (κ3) is 1.31. The van der Waals surface area contributed by atoms with Gasteiger partial charge in [0.2, 0.25) is 0 Å². The number of carbonyl (C=O) groups is 1. The zero-order valence-electron chi connectivity index (χ0n) is 13.2. The number of carbonyl (C=O) groups excluding carboxylic acids is 1. The maximum absolute atomic E-state index is 13.0. The third-order valence-electron chi connectivity index (χ3n) is 6.79. The minimum Gasteiger partial charge on any atom is -0.294 e. The lowest BCUT2D eigenvalue weighted by atomic mass is 9.63. The predicted octanol–water partition coefficient (Wildman–Crippen LogP) is 4.73. The quantitative estimate of drug-likeness (QED) is 0.673. The third-order valence-corrected chi connectivity index (χ3v) is 6.79. The summed E-state index contributed by atoms with van der Waals surface area (Å²) in [4.78, 5) is 13.0. The van der Waals surface area contributed by atoms with E-state index in [0.717, 1.165) is 17.6 Å². The van der Waals surface area contributed by atoms with E-state index < -0.39 is 0 Å². The van der Waals surface area contributed by atoms with Gasteiger partial charge >= 0.3 is 0 Å². The first kappa shape index (κ1) is 13.6. The van der Waals surface area contributed by atoms with E-state index >= 15 is 0 Å². The van der Waals surface area contributed by atoms with Crippen LogP contribution in [0.3, 0.4) is 0 Å². The molecule has 0 amide bonds. The first-order valence-corrected chi connectivity index (χ1v) is 7.57. The van der Waals surface area contributed by atoms with Crippen molar-refractivity contribution in [2.24, 2.45) is 22.2 Å². The van der Waals surface area contributed by atoms with E-state index in [-0.39, 0.29) is 16.2 Å². The second-order valence-corrected chi connectivity index (χ2v) is 7.56. The fourth-order valence-corrected chi connectivity index (χ4v) is 4.70. The van der Waals surface area contributed by atoms with Crippen LogP contribution in [-0.2, 0) is 4.79 Å². The maximum atomic E-state index is 13.0.